The van der Waals surface area contributed by atoms with E-state index in [4.69, 9.17) is 0 Å². The lowest BCUT2D eigenvalue weighted by molar-refractivity contribution is -0.141. The summed E-state index contributed by atoms with van der Waals surface area (Å²) in [6, 6.07) is 0. The van der Waals surface area contributed by atoms with Gasteiger partial charge in [0, 0.05) is 25.5 Å². The van der Waals surface area contributed by atoms with Crippen molar-refractivity contribution in [3.63, 3.8) is 0 Å². The number of carbonyl (C=O) groups is 2. The molecule has 0 aliphatic carbocycles. The van der Waals surface area contributed by atoms with Crippen LogP contribution < -0.4 is 5.32 Å². The van der Waals surface area contributed by atoms with Crippen LogP contribution in [0.2, 0.25) is 0 Å². The molecule has 3 heterocycles. The first-order chi connectivity index (χ1) is 11.1. The molecule has 1 N–H and O–H groups in total. The molecule has 1 aromatic rings. The number of aromatic nitrogens is 1. The number of anilines is 1. The molecule has 2 aliphatic heterocycles. The number of carbonyl (C=O) groups excluding carboxylic acids is 2. The Hall–Kier alpha value is -1.47. The molecular formula is C16H24N4O2S. The number of nitrogens with zero attached hydrogens (tertiary/aromatic N) is 3. The average molecular weight is 336 g/mol. The molecule has 3 rings (SSSR count). The van der Waals surface area contributed by atoms with Crippen LogP contribution >= 0.6 is 11.3 Å². The molecule has 0 aromatic carbocycles. The Labute approximate surface area is 140 Å². The van der Waals surface area contributed by atoms with Gasteiger partial charge in [-0.15, -0.1) is 11.3 Å². The van der Waals surface area contributed by atoms with E-state index < -0.39 is 5.92 Å². The SMILES string of the molecule is CN1CCCC(C(=O)Nc2nc(CN3CCCCC3)cs2)C1=O. The molecule has 2 aliphatic rings. The third kappa shape index (κ3) is 4.09. The number of likely N-dealkylation sites (tertiary alicyclic amines) is 2. The topological polar surface area (TPSA) is 65.5 Å². The molecule has 2 fully saturated rings. The van der Waals surface area contributed by atoms with Gasteiger partial charge >= 0.3 is 0 Å². The highest BCUT2D eigenvalue weighted by Gasteiger charge is 2.32. The number of thiazole rings is 1. The van der Waals surface area contributed by atoms with E-state index in [1.807, 2.05) is 5.38 Å². The summed E-state index contributed by atoms with van der Waals surface area (Å²) in [5, 5.41) is 5.42. The normalized spacial score (nSPS) is 23.1. The molecule has 7 heteroatoms. The van der Waals surface area contributed by atoms with Crippen LogP contribution in [0.5, 0.6) is 0 Å². The van der Waals surface area contributed by atoms with Crippen molar-refractivity contribution in [2.24, 2.45) is 5.92 Å². The van der Waals surface area contributed by atoms with Crippen LogP contribution in [0.3, 0.4) is 0 Å². The summed E-state index contributed by atoms with van der Waals surface area (Å²) in [5.74, 6) is -0.873. The molecule has 0 radical (unpaired) electrons. The average Bonchev–Trinajstić information content (AvgIpc) is 2.98. The van der Waals surface area contributed by atoms with Gasteiger partial charge in [-0.3, -0.25) is 14.5 Å². The lowest BCUT2D eigenvalue weighted by atomic mass is 9.97. The molecular weight excluding hydrogens is 312 g/mol. The van der Waals surface area contributed by atoms with Crippen LogP contribution in [0.15, 0.2) is 5.38 Å². The molecule has 2 saturated heterocycles. The van der Waals surface area contributed by atoms with E-state index in [1.165, 1.54) is 30.6 Å². The van der Waals surface area contributed by atoms with Crippen molar-refractivity contribution in [1.29, 1.82) is 0 Å². The molecule has 0 bridgehead atoms. The molecule has 1 aromatic heterocycles. The predicted molar refractivity (Wildman–Crippen MR) is 90.2 cm³/mol. The highest BCUT2D eigenvalue weighted by atomic mass is 32.1. The van der Waals surface area contributed by atoms with Gasteiger partial charge in [-0.05, 0) is 38.8 Å². The van der Waals surface area contributed by atoms with E-state index in [1.54, 1.807) is 11.9 Å². The van der Waals surface area contributed by atoms with Crippen molar-refractivity contribution < 1.29 is 9.59 Å². The minimum absolute atomic E-state index is 0.0844. The number of hydrogen-bond donors (Lipinski definition) is 1. The summed E-state index contributed by atoms with van der Waals surface area (Å²) in [6.07, 6.45) is 5.33. The standard InChI is InChI=1S/C16H24N4O2S/c1-19-7-5-6-13(15(19)22)14(21)18-16-17-12(11-23-16)10-20-8-3-2-4-9-20/h11,13H,2-10H2,1H3,(H,17,18,21). The van der Waals surface area contributed by atoms with Gasteiger partial charge in [-0.1, -0.05) is 6.42 Å². The van der Waals surface area contributed by atoms with E-state index >= 15 is 0 Å². The van der Waals surface area contributed by atoms with Crippen molar-refractivity contribution in [2.75, 3.05) is 32.0 Å². The minimum Gasteiger partial charge on any atom is -0.345 e. The second-order valence-corrected chi connectivity index (χ2v) is 7.28. The Morgan fingerprint density at radius 2 is 2.09 bits per heavy atom. The van der Waals surface area contributed by atoms with Gasteiger partial charge in [-0.25, -0.2) is 4.98 Å². The predicted octanol–water partition coefficient (Wildman–Crippen LogP) is 1.94. The van der Waals surface area contributed by atoms with Crippen molar-refractivity contribution in [3.8, 4) is 0 Å². The number of rotatable bonds is 4. The molecule has 126 valence electrons. The second kappa shape index (κ2) is 7.40. The summed E-state index contributed by atoms with van der Waals surface area (Å²) >= 11 is 1.44. The van der Waals surface area contributed by atoms with Crippen LogP contribution in [0.1, 0.15) is 37.8 Å². The molecule has 23 heavy (non-hydrogen) atoms. The summed E-state index contributed by atoms with van der Waals surface area (Å²) in [7, 11) is 1.75. The summed E-state index contributed by atoms with van der Waals surface area (Å²) < 4.78 is 0. The highest BCUT2D eigenvalue weighted by Crippen LogP contribution is 2.22. The Bertz CT molecular complexity index is 568. The van der Waals surface area contributed by atoms with Crippen molar-refractivity contribution in [1.82, 2.24) is 14.8 Å². The van der Waals surface area contributed by atoms with Crippen molar-refractivity contribution in [3.05, 3.63) is 11.1 Å². The molecule has 1 unspecified atom stereocenters. The van der Waals surface area contributed by atoms with Gasteiger partial charge in [-0.2, -0.15) is 0 Å². The van der Waals surface area contributed by atoms with Crippen molar-refractivity contribution >= 4 is 28.3 Å². The largest absolute Gasteiger partial charge is 0.345 e. The molecule has 2 amide bonds. The summed E-state index contributed by atoms with van der Waals surface area (Å²) in [5.41, 5.74) is 0.999. The highest BCUT2D eigenvalue weighted by molar-refractivity contribution is 7.13. The number of amides is 2. The molecule has 0 spiro atoms. The van der Waals surface area contributed by atoms with Gasteiger partial charge in [0.2, 0.25) is 11.8 Å². The smallest absolute Gasteiger partial charge is 0.238 e. The van der Waals surface area contributed by atoms with Crippen molar-refractivity contribution in [2.45, 2.75) is 38.6 Å². The Morgan fingerprint density at radius 3 is 2.87 bits per heavy atom. The van der Waals surface area contributed by atoms with E-state index in [0.717, 1.165) is 38.3 Å². The fourth-order valence-electron chi connectivity index (χ4n) is 3.25. The first kappa shape index (κ1) is 16.4. The van der Waals surface area contributed by atoms with Crippen LogP contribution in [-0.2, 0) is 16.1 Å². The lowest BCUT2D eigenvalue weighted by Crippen LogP contribution is -2.43. The first-order valence-electron chi connectivity index (χ1n) is 8.36. The third-order valence-electron chi connectivity index (χ3n) is 4.59. The molecule has 0 saturated carbocycles. The fraction of sp³-hybridized carbons (Fsp3) is 0.688. The maximum Gasteiger partial charge on any atom is 0.238 e. The quantitative estimate of drug-likeness (QED) is 0.854. The van der Waals surface area contributed by atoms with Gasteiger partial charge in [0.05, 0.1) is 5.69 Å². The van der Waals surface area contributed by atoms with Gasteiger partial charge in [0.15, 0.2) is 5.13 Å². The Kier molecular flexibility index (Phi) is 5.27. The number of hydrogen-bond acceptors (Lipinski definition) is 5. The number of nitrogens with one attached hydrogen (secondary N) is 1. The van der Waals surface area contributed by atoms with Crippen LogP contribution in [0, 0.1) is 5.92 Å². The lowest BCUT2D eigenvalue weighted by Gasteiger charge is -2.28. The van der Waals surface area contributed by atoms with E-state index in [0.29, 0.717) is 11.6 Å². The van der Waals surface area contributed by atoms with E-state index in [2.05, 4.69) is 15.2 Å². The van der Waals surface area contributed by atoms with Crippen LogP contribution in [0.25, 0.3) is 0 Å². The van der Waals surface area contributed by atoms with Crippen LogP contribution in [-0.4, -0.2) is 53.3 Å². The zero-order valence-electron chi connectivity index (χ0n) is 13.6. The van der Waals surface area contributed by atoms with E-state index in [-0.39, 0.29) is 11.8 Å². The maximum atomic E-state index is 12.3. The van der Waals surface area contributed by atoms with Gasteiger partial charge in [0.1, 0.15) is 5.92 Å². The summed E-state index contributed by atoms with van der Waals surface area (Å²) in [6.45, 7) is 3.83. The monoisotopic (exact) mass is 336 g/mol. The van der Waals surface area contributed by atoms with E-state index in [9.17, 15) is 9.59 Å². The molecule has 1 atom stereocenters. The molecule has 6 nitrogen and oxygen atoms in total. The number of piperidine rings is 2. The van der Waals surface area contributed by atoms with Gasteiger partial charge in [0.25, 0.3) is 0 Å². The first-order valence-corrected chi connectivity index (χ1v) is 9.24. The minimum atomic E-state index is -0.566. The fourth-order valence-corrected chi connectivity index (χ4v) is 3.96. The third-order valence-corrected chi connectivity index (χ3v) is 5.40. The maximum absolute atomic E-state index is 12.3. The zero-order valence-corrected chi connectivity index (χ0v) is 14.4. The zero-order chi connectivity index (χ0) is 16.2. The van der Waals surface area contributed by atoms with Crippen LogP contribution in [0.4, 0.5) is 5.13 Å². The summed E-state index contributed by atoms with van der Waals surface area (Å²) in [4.78, 5) is 32.9. The van der Waals surface area contributed by atoms with Gasteiger partial charge < -0.3 is 10.2 Å². The second-order valence-electron chi connectivity index (χ2n) is 6.42. The Morgan fingerprint density at radius 1 is 1.30 bits per heavy atom. The Balaban J connectivity index is 1.55.